The third-order valence-corrected chi connectivity index (χ3v) is 8.35. The van der Waals surface area contributed by atoms with Gasteiger partial charge >= 0.3 is 0 Å². The van der Waals surface area contributed by atoms with Crippen molar-refractivity contribution < 1.29 is 18.0 Å². The van der Waals surface area contributed by atoms with Gasteiger partial charge in [-0.3, -0.25) is 9.59 Å². The van der Waals surface area contributed by atoms with E-state index in [0.717, 1.165) is 30.2 Å². The summed E-state index contributed by atoms with van der Waals surface area (Å²) in [5.41, 5.74) is 1.63. The zero-order valence-electron chi connectivity index (χ0n) is 16.8. The summed E-state index contributed by atoms with van der Waals surface area (Å²) in [7, 11) is -3.18. The second-order valence-electron chi connectivity index (χ2n) is 7.43. The number of carbonyl (C=O) groups excluding carboxylic acids is 2. The molecule has 2 aliphatic heterocycles. The van der Waals surface area contributed by atoms with Crippen molar-refractivity contribution in [2.75, 3.05) is 48.8 Å². The molecule has 1 N–H and O–H groups in total. The zero-order valence-corrected chi connectivity index (χ0v) is 18.4. The van der Waals surface area contributed by atoms with Gasteiger partial charge in [-0.2, -0.15) is 11.8 Å². The first-order chi connectivity index (χ1) is 13.9. The molecule has 0 saturated carbocycles. The Bertz CT molecular complexity index is 813. The van der Waals surface area contributed by atoms with E-state index in [9.17, 15) is 18.0 Å². The molecule has 2 heterocycles. The molecule has 1 aromatic carbocycles. The lowest BCUT2D eigenvalue weighted by Crippen LogP contribution is -2.42. The smallest absolute Gasteiger partial charge is 0.227 e. The van der Waals surface area contributed by atoms with Crippen molar-refractivity contribution in [3.63, 3.8) is 0 Å². The predicted octanol–water partition coefficient (Wildman–Crippen LogP) is 1.80. The number of hydrogen-bond donors (Lipinski definition) is 1. The molecule has 2 saturated heterocycles. The quantitative estimate of drug-likeness (QED) is 0.730. The molecule has 0 radical (unpaired) electrons. The van der Waals surface area contributed by atoms with Crippen LogP contribution in [0.3, 0.4) is 0 Å². The van der Waals surface area contributed by atoms with E-state index in [2.05, 4.69) is 5.32 Å². The average molecular weight is 440 g/mol. The molecule has 0 aromatic heterocycles. The molecule has 0 atom stereocenters. The Morgan fingerprint density at radius 1 is 1.07 bits per heavy atom. The van der Waals surface area contributed by atoms with Crippen molar-refractivity contribution in [3.8, 4) is 0 Å². The third kappa shape index (κ3) is 5.96. The first-order valence-corrected chi connectivity index (χ1v) is 12.9. The van der Waals surface area contributed by atoms with Crippen LogP contribution < -0.4 is 5.32 Å². The van der Waals surface area contributed by atoms with Gasteiger partial charge in [0.05, 0.1) is 12.2 Å². The van der Waals surface area contributed by atoms with Crippen LogP contribution in [0.5, 0.6) is 0 Å². The third-order valence-electron chi connectivity index (χ3n) is 5.52. The second-order valence-corrected chi connectivity index (χ2v) is 10.9. The van der Waals surface area contributed by atoms with Gasteiger partial charge in [-0.25, -0.2) is 12.7 Å². The van der Waals surface area contributed by atoms with E-state index in [1.54, 1.807) is 6.92 Å². The molecule has 0 spiro atoms. The fourth-order valence-electron chi connectivity index (χ4n) is 3.63. The molecule has 0 unspecified atom stereocenters. The molecule has 9 heteroatoms. The molecule has 29 heavy (non-hydrogen) atoms. The largest absolute Gasteiger partial charge is 0.341 e. The van der Waals surface area contributed by atoms with Gasteiger partial charge in [0.1, 0.15) is 0 Å². The number of piperidine rings is 1. The van der Waals surface area contributed by atoms with Crippen LogP contribution in [-0.4, -0.2) is 72.9 Å². The summed E-state index contributed by atoms with van der Waals surface area (Å²) in [4.78, 5) is 26.8. The SMILES string of the molecule is CCS(=O)(=O)N1CCC(C(=O)Nc2ccc(CC(=O)N3CCSCC3)cc2)CC1. The van der Waals surface area contributed by atoms with E-state index < -0.39 is 10.0 Å². The summed E-state index contributed by atoms with van der Waals surface area (Å²) in [6.45, 7) is 4.05. The molecular formula is C20H29N3O4S2. The number of benzene rings is 1. The average Bonchev–Trinajstić information content (AvgIpc) is 2.75. The molecule has 1 aromatic rings. The standard InChI is InChI=1S/C20H29N3O4S2/c1-2-29(26,27)23-9-7-17(8-10-23)20(25)21-18-5-3-16(4-6-18)15-19(24)22-11-13-28-14-12-22/h3-6,17H,2,7-15H2,1H3,(H,21,25). The van der Waals surface area contributed by atoms with Gasteiger partial charge in [-0.15, -0.1) is 0 Å². The van der Waals surface area contributed by atoms with Crippen molar-refractivity contribution >= 4 is 39.3 Å². The number of thioether (sulfide) groups is 1. The number of nitrogens with one attached hydrogen (secondary N) is 1. The molecule has 160 valence electrons. The van der Waals surface area contributed by atoms with E-state index in [1.165, 1.54) is 4.31 Å². The van der Waals surface area contributed by atoms with Crippen molar-refractivity contribution in [1.29, 1.82) is 0 Å². The van der Waals surface area contributed by atoms with E-state index >= 15 is 0 Å². The van der Waals surface area contributed by atoms with E-state index in [4.69, 9.17) is 0 Å². The van der Waals surface area contributed by atoms with Crippen molar-refractivity contribution in [2.45, 2.75) is 26.2 Å². The molecule has 0 bridgehead atoms. The highest BCUT2D eigenvalue weighted by atomic mass is 32.2. The maximum atomic E-state index is 12.5. The van der Waals surface area contributed by atoms with Crippen LogP contribution in [0.1, 0.15) is 25.3 Å². The molecule has 2 aliphatic rings. The Balaban J connectivity index is 1.48. The van der Waals surface area contributed by atoms with Gasteiger partial charge < -0.3 is 10.2 Å². The molecule has 2 fully saturated rings. The Morgan fingerprint density at radius 2 is 1.69 bits per heavy atom. The van der Waals surface area contributed by atoms with Gasteiger partial charge in [0, 0.05) is 49.3 Å². The van der Waals surface area contributed by atoms with Crippen molar-refractivity contribution in [2.24, 2.45) is 5.92 Å². The van der Waals surface area contributed by atoms with Gasteiger partial charge in [0.15, 0.2) is 0 Å². The lowest BCUT2D eigenvalue weighted by atomic mass is 9.97. The van der Waals surface area contributed by atoms with Gasteiger partial charge in [0.25, 0.3) is 0 Å². The van der Waals surface area contributed by atoms with Crippen molar-refractivity contribution in [3.05, 3.63) is 29.8 Å². The fourth-order valence-corrected chi connectivity index (χ4v) is 5.66. The summed E-state index contributed by atoms with van der Waals surface area (Å²) in [6.07, 6.45) is 1.45. The number of carbonyl (C=O) groups is 2. The topological polar surface area (TPSA) is 86.8 Å². The summed E-state index contributed by atoms with van der Waals surface area (Å²) >= 11 is 1.88. The number of rotatable bonds is 6. The maximum absolute atomic E-state index is 12.5. The van der Waals surface area contributed by atoms with Gasteiger partial charge in [0.2, 0.25) is 21.8 Å². The van der Waals surface area contributed by atoms with E-state index in [1.807, 2.05) is 40.9 Å². The molecule has 7 nitrogen and oxygen atoms in total. The van der Waals surface area contributed by atoms with Gasteiger partial charge in [-0.05, 0) is 37.5 Å². The van der Waals surface area contributed by atoms with Crippen LogP contribution in [0, 0.1) is 5.92 Å². The lowest BCUT2D eigenvalue weighted by molar-refractivity contribution is -0.130. The highest BCUT2D eigenvalue weighted by Gasteiger charge is 2.30. The Morgan fingerprint density at radius 3 is 2.28 bits per heavy atom. The van der Waals surface area contributed by atoms with Crippen LogP contribution in [0.15, 0.2) is 24.3 Å². The highest BCUT2D eigenvalue weighted by Crippen LogP contribution is 2.22. The fraction of sp³-hybridized carbons (Fsp3) is 0.600. The number of nitrogens with zero attached hydrogens (tertiary/aromatic N) is 2. The summed E-state index contributed by atoms with van der Waals surface area (Å²) in [6, 6.07) is 7.40. The van der Waals surface area contributed by atoms with Crippen LogP contribution in [0.4, 0.5) is 5.69 Å². The lowest BCUT2D eigenvalue weighted by Gasteiger charge is -2.30. The second kappa shape index (κ2) is 9.95. The number of hydrogen-bond acceptors (Lipinski definition) is 5. The molecule has 0 aliphatic carbocycles. The van der Waals surface area contributed by atoms with Crippen LogP contribution in [0.25, 0.3) is 0 Å². The maximum Gasteiger partial charge on any atom is 0.227 e. The minimum absolute atomic E-state index is 0.0758. The van der Waals surface area contributed by atoms with Crippen molar-refractivity contribution in [1.82, 2.24) is 9.21 Å². The van der Waals surface area contributed by atoms with Crippen LogP contribution in [0.2, 0.25) is 0 Å². The Labute approximate surface area is 177 Å². The van der Waals surface area contributed by atoms with Crippen LogP contribution >= 0.6 is 11.8 Å². The first-order valence-electron chi connectivity index (χ1n) is 10.1. The van der Waals surface area contributed by atoms with E-state index in [0.29, 0.717) is 38.0 Å². The minimum atomic E-state index is -3.18. The Hall–Kier alpha value is -1.58. The number of amides is 2. The minimum Gasteiger partial charge on any atom is -0.341 e. The van der Waals surface area contributed by atoms with Gasteiger partial charge in [-0.1, -0.05) is 12.1 Å². The Kier molecular flexibility index (Phi) is 7.59. The monoisotopic (exact) mass is 439 g/mol. The molecular weight excluding hydrogens is 410 g/mol. The first kappa shape index (κ1) is 22.1. The summed E-state index contributed by atoms with van der Waals surface area (Å²) < 4.78 is 25.3. The zero-order chi connectivity index (χ0) is 20.9. The molecule has 3 rings (SSSR count). The number of anilines is 1. The highest BCUT2D eigenvalue weighted by molar-refractivity contribution is 7.99. The van der Waals surface area contributed by atoms with Crippen LogP contribution in [-0.2, 0) is 26.0 Å². The summed E-state index contributed by atoms with van der Waals surface area (Å²) in [5, 5.41) is 2.92. The van der Waals surface area contributed by atoms with E-state index in [-0.39, 0.29) is 23.5 Å². The normalized spacial score (nSPS) is 19.1. The summed E-state index contributed by atoms with van der Waals surface area (Å²) in [5.74, 6) is 1.98. The molecule has 2 amide bonds. The number of sulfonamides is 1. The predicted molar refractivity (Wildman–Crippen MR) is 116 cm³/mol.